The van der Waals surface area contributed by atoms with Gasteiger partial charge in [-0.15, -0.1) is 0 Å². The Morgan fingerprint density at radius 3 is 2.79 bits per heavy atom. The Balaban J connectivity index is 1.90. The molecule has 0 spiro atoms. The van der Waals surface area contributed by atoms with Gasteiger partial charge in [0, 0.05) is 18.4 Å². The van der Waals surface area contributed by atoms with Crippen LogP contribution >= 0.6 is 0 Å². The fourth-order valence-electron chi connectivity index (χ4n) is 2.34. The maximum Gasteiger partial charge on any atom is 0.106 e. The fraction of sp³-hybridized carbons (Fsp3) is 0.286. The highest BCUT2D eigenvalue weighted by Gasteiger charge is 2.07. The van der Waals surface area contributed by atoms with Crippen molar-refractivity contribution in [2.45, 2.75) is 26.9 Å². The summed E-state index contributed by atoms with van der Waals surface area (Å²) in [5.41, 5.74) is 9.79. The molecule has 3 aromatic rings. The predicted molar refractivity (Wildman–Crippen MR) is 75.8 cm³/mol. The number of aromatic nitrogens is 4. The summed E-state index contributed by atoms with van der Waals surface area (Å²) in [4.78, 5) is 4.54. The molecule has 2 heterocycles. The van der Waals surface area contributed by atoms with Gasteiger partial charge in [-0.2, -0.15) is 5.10 Å². The van der Waals surface area contributed by atoms with E-state index in [0.717, 1.165) is 35.6 Å². The highest BCUT2D eigenvalue weighted by Crippen LogP contribution is 2.18. The average molecular weight is 255 g/mol. The third-order valence-electron chi connectivity index (χ3n) is 3.28. The first kappa shape index (κ1) is 11.8. The van der Waals surface area contributed by atoms with Crippen LogP contribution < -0.4 is 5.73 Å². The van der Waals surface area contributed by atoms with Crippen molar-refractivity contribution < 1.29 is 0 Å². The average Bonchev–Trinajstić information content (AvgIpc) is 2.89. The van der Waals surface area contributed by atoms with Gasteiger partial charge in [0.05, 0.1) is 23.8 Å². The Labute approximate surface area is 111 Å². The highest BCUT2D eigenvalue weighted by atomic mass is 15.3. The molecule has 0 saturated heterocycles. The van der Waals surface area contributed by atoms with Crippen LogP contribution in [0.4, 0.5) is 5.69 Å². The van der Waals surface area contributed by atoms with Crippen molar-refractivity contribution in [3.8, 4) is 0 Å². The first-order chi connectivity index (χ1) is 9.13. The molecule has 0 bridgehead atoms. The molecule has 0 saturated carbocycles. The fourth-order valence-corrected chi connectivity index (χ4v) is 2.34. The number of nitrogens with zero attached hydrogens (tertiary/aromatic N) is 4. The van der Waals surface area contributed by atoms with E-state index in [9.17, 15) is 0 Å². The molecular weight excluding hydrogens is 238 g/mol. The maximum atomic E-state index is 5.79. The molecule has 0 amide bonds. The van der Waals surface area contributed by atoms with Crippen LogP contribution in [0.2, 0.25) is 0 Å². The standard InChI is InChI=1S/C14H17N5/c1-10-8-16-18(9-10)5-6-19-11(2)17-13-7-12(15)3-4-14(13)19/h3-4,7-9H,5-6,15H2,1-2H3. The summed E-state index contributed by atoms with van der Waals surface area (Å²) in [6.45, 7) is 5.76. The maximum absolute atomic E-state index is 5.79. The number of imidazole rings is 1. The molecular formula is C14H17N5. The molecule has 0 aliphatic heterocycles. The van der Waals surface area contributed by atoms with E-state index >= 15 is 0 Å². The summed E-state index contributed by atoms with van der Waals surface area (Å²) in [5, 5.41) is 4.30. The Hall–Kier alpha value is -2.30. The van der Waals surface area contributed by atoms with Crippen LogP contribution in [0, 0.1) is 13.8 Å². The zero-order valence-corrected chi connectivity index (χ0v) is 11.2. The van der Waals surface area contributed by atoms with Crippen LogP contribution in [0.5, 0.6) is 0 Å². The van der Waals surface area contributed by atoms with E-state index in [0.29, 0.717) is 0 Å². The van der Waals surface area contributed by atoms with E-state index < -0.39 is 0 Å². The molecule has 2 aromatic heterocycles. The molecule has 0 unspecified atom stereocenters. The monoisotopic (exact) mass is 255 g/mol. The second-order valence-corrected chi connectivity index (χ2v) is 4.84. The van der Waals surface area contributed by atoms with Gasteiger partial charge in [-0.1, -0.05) is 0 Å². The second-order valence-electron chi connectivity index (χ2n) is 4.84. The highest BCUT2D eigenvalue weighted by molar-refractivity contribution is 5.79. The lowest BCUT2D eigenvalue weighted by atomic mass is 10.3. The van der Waals surface area contributed by atoms with Gasteiger partial charge >= 0.3 is 0 Å². The predicted octanol–water partition coefficient (Wildman–Crippen LogP) is 2.13. The normalized spacial score (nSPS) is 11.3. The van der Waals surface area contributed by atoms with E-state index in [4.69, 9.17) is 5.73 Å². The molecule has 5 heteroatoms. The zero-order chi connectivity index (χ0) is 13.4. The van der Waals surface area contributed by atoms with E-state index in [1.807, 2.05) is 49.1 Å². The number of hydrogen-bond acceptors (Lipinski definition) is 3. The van der Waals surface area contributed by atoms with Gasteiger partial charge in [-0.05, 0) is 37.6 Å². The lowest BCUT2D eigenvalue weighted by Crippen LogP contribution is -2.09. The summed E-state index contributed by atoms with van der Waals surface area (Å²) in [6, 6.07) is 5.86. The van der Waals surface area contributed by atoms with Gasteiger partial charge in [0.25, 0.3) is 0 Å². The van der Waals surface area contributed by atoms with Gasteiger partial charge in [-0.3, -0.25) is 4.68 Å². The lowest BCUT2D eigenvalue weighted by Gasteiger charge is -2.07. The summed E-state index contributed by atoms with van der Waals surface area (Å²) in [5.74, 6) is 1.00. The van der Waals surface area contributed by atoms with Crippen molar-refractivity contribution in [3.05, 3.63) is 42.0 Å². The SMILES string of the molecule is Cc1cnn(CCn2c(C)nc3cc(N)ccc32)c1. The van der Waals surface area contributed by atoms with E-state index in [2.05, 4.69) is 14.6 Å². The Kier molecular flexibility index (Phi) is 2.74. The molecule has 3 rings (SSSR count). The van der Waals surface area contributed by atoms with Crippen molar-refractivity contribution in [2.75, 3.05) is 5.73 Å². The third-order valence-corrected chi connectivity index (χ3v) is 3.28. The van der Waals surface area contributed by atoms with Crippen molar-refractivity contribution in [3.63, 3.8) is 0 Å². The molecule has 98 valence electrons. The molecule has 0 fully saturated rings. The van der Waals surface area contributed by atoms with Crippen LogP contribution in [0.25, 0.3) is 11.0 Å². The van der Waals surface area contributed by atoms with Crippen LogP contribution in [-0.4, -0.2) is 19.3 Å². The number of fused-ring (bicyclic) bond motifs is 1. The molecule has 0 aliphatic carbocycles. The molecule has 19 heavy (non-hydrogen) atoms. The van der Waals surface area contributed by atoms with Crippen LogP contribution in [0.1, 0.15) is 11.4 Å². The Bertz CT molecular complexity index is 723. The number of aryl methyl sites for hydroxylation is 4. The molecule has 0 atom stereocenters. The van der Waals surface area contributed by atoms with Crippen LogP contribution in [0.3, 0.4) is 0 Å². The molecule has 1 aromatic carbocycles. The number of benzene rings is 1. The van der Waals surface area contributed by atoms with Crippen molar-refractivity contribution in [2.24, 2.45) is 0 Å². The number of nitrogens with two attached hydrogens (primary N) is 1. The van der Waals surface area contributed by atoms with Crippen LogP contribution in [0.15, 0.2) is 30.6 Å². The van der Waals surface area contributed by atoms with Gasteiger partial charge < -0.3 is 10.3 Å². The van der Waals surface area contributed by atoms with Gasteiger partial charge in [0.1, 0.15) is 5.82 Å². The second kappa shape index (κ2) is 4.42. The molecule has 5 nitrogen and oxygen atoms in total. The van der Waals surface area contributed by atoms with Gasteiger partial charge in [0.15, 0.2) is 0 Å². The number of hydrogen-bond donors (Lipinski definition) is 1. The summed E-state index contributed by atoms with van der Waals surface area (Å²) in [7, 11) is 0. The Morgan fingerprint density at radius 1 is 1.21 bits per heavy atom. The van der Waals surface area contributed by atoms with E-state index in [-0.39, 0.29) is 0 Å². The van der Waals surface area contributed by atoms with E-state index in [1.54, 1.807) is 0 Å². The first-order valence-corrected chi connectivity index (χ1v) is 6.35. The summed E-state index contributed by atoms with van der Waals surface area (Å²) in [6.07, 6.45) is 3.92. The molecule has 0 aliphatic rings. The zero-order valence-electron chi connectivity index (χ0n) is 11.2. The topological polar surface area (TPSA) is 61.7 Å². The first-order valence-electron chi connectivity index (χ1n) is 6.35. The minimum Gasteiger partial charge on any atom is -0.399 e. The number of anilines is 1. The minimum absolute atomic E-state index is 0.750. The summed E-state index contributed by atoms with van der Waals surface area (Å²) >= 11 is 0. The third kappa shape index (κ3) is 2.19. The molecule has 0 radical (unpaired) electrons. The van der Waals surface area contributed by atoms with Gasteiger partial charge in [0.2, 0.25) is 0 Å². The molecule has 2 N–H and O–H groups in total. The Morgan fingerprint density at radius 2 is 2.05 bits per heavy atom. The smallest absolute Gasteiger partial charge is 0.106 e. The van der Waals surface area contributed by atoms with Gasteiger partial charge in [-0.25, -0.2) is 4.98 Å². The summed E-state index contributed by atoms with van der Waals surface area (Å²) < 4.78 is 4.16. The van der Waals surface area contributed by atoms with Crippen LogP contribution in [-0.2, 0) is 13.1 Å². The van der Waals surface area contributed by atoms with Crippen molar-refractivity contribution >= 4 is 16.7 Å². The lowest BCUT2D eigenvalue weighted by molar-refractivity contribution is 0.534. The van der Waals surface area contributed by atoms with Crippen molar-refractivity contribution in [1.82, 2.24) is 19.3 Å². The largest absolute Gasteiger partial charge is 0.399 e. The number of nitrogen functional groups attached to an aromatic ring is 1. The van der Waals surface area contributed by atoms with E-state index in [1.165, 1.54) is 5.56 Å². The van der Waals surface area contributed by atoms with Crippen molar-refractivity contribution in [1.29, 1.82) is 0 Å². The minimum atomic E-state index is 0.750. The number of rotatable bonds is 3. The quantitative estimate of drug-likeness (QED) is 0.729.